The van der Waals surface area contributed by atoms with Crippen molar-refractivity contribution >= 4 is 58.0 Å². The number of aromatic nitrogens is 3. The number of β-lactam (4-membered cyclic amide) rings is 1. The number of H-pyrrole nitrogens is 1. The second kappa shape index (κ2) is 11.9. The van der Waals surface area contributed by atoms with Gasteiger partial charge in [-0.2, -0.15) is 5.10 Å². The van der Waals surface area contributed by atoms with Gasteiger partial charge in [-0.15, -0.1) is 11.8 Å². The fourth-order valence-electron chi connectivity index (χ4n) is 4.94. The summed E-state index contributed by atoms with van der Waals surface area (Å²) in [5.41, 5.74) is 3.79. The molecule has 3 heterocycles. The van der Waals surface area contributed by atoms with E-state index in [1.807, 2.05) is 66.7 Å². The van der Waals surface area contributed by atoms with Gasteiger partial charge in [0.25, 0.3) is 5.91 Å². The molecule has 2 atom stereocenters. The summed E-state index contributed by atoms with van der Waals surface area (Å²) in [7, 11) is 0. The summed E-state index contributed by atoms with van der Waals surface area (Å²) >= 11 is 13.5. The highest BCUT2D eigenvalue weighted by molar-refractivity contribution is 8.00. The van der Waals surface area contributed by atoms with Crippen molar-refractivity contribution in [3.63, 3.8) is 0 Å². The highest BCUT2D eigenvalue weighted by Crippen LogP contribution is 2.44. The summed E-state index contributed by atoms with van der Waals surface area (Å²) in [4.78, 5) is 32.4. The van der Waals surface area contributed by atoms with E-state index in [2.05, 4.69) is 20.5 Å². The summed E-state index contributed by atoms with van der Waals surface area (Å²) in [6.07, 6.45) is 1.03. The van der Waals surface area contributed by atoms with Gasteiger partial charge in [0.1, 0.15) is 29.5 Å². The van der Waals surface area contributed by atoms with Crippen LogP contribution in [0.1, 0.15) is 28.6 Å². The lowest BCUT2D eigenvalue weighted by molar-refractivity contribution is -0.145. The lowest BCUT2D eigenvalue weighted by Crippen LogP contribution is -2.70. The number of thioether (sulfide) groups is 1. The number of aromatic amines is 1. The van der Waals surface area contributed by atoms with Crippen LogP contribution in [0.2, 0.25) is 5.02 Å². The molecule has 2 amide bonds. The first kappa shape index (κ1) is 27.2. The van der Waals surface area contributed by atoms with Gasteiger partial charge < -0.3 is 10.1 Å². The zero-order chi connectivity index (χ0) is 28.3. The predicted octanol–water partition coefficient (Wildman–Crippen LogP) is 4.95. The standard InChI is InChI=1S/C30H24ClN5O3S2/c31-21-13-7-8-18(14-21)15-23(37)34-24-28(38)36-25(22(16-41-29(24)36)27-32-17-33-35-27)30(40)39-26(19-9-3-1-4-10-19)20-11-5-2-6-12-20/h1-14,17,24,26,29H,15-16H2,(H,34,37)(H,32,33,35)/t24-,29-/m1/s1. The first-order chi connectivity index (χ1) is 20.0. The molecule has 0 bridgehead atoms. The molecule has 0 saturated carbocycles. The number of carbonyl (C=O) groups is 2. The molecule has 2 aliphatic heterocycles. The molecular weight excluding hydrogens is 578 g/mol. The van der Waals surface area contributed by atoms with Crippen LogP contribution in [0, 0.1) is 0 Å². The van der Waals surface area contributed by atoms with Crippen molar-refractivity contribution in [2.24, 2.45) is 0 Å². The second-order valence-electron chi connectivity index (χ2n) is 9.53. The van der Waals surface area contributed by atoms with E-state index in [1.165, 1.54) is 18.1 Å². The number of halogens is 1. The Morgan fingerprint density at radius 3 is 2.44 bits per heavy atom. The van der Waals surface area contributed by atoms with Gasteiger partial charge in [-0.1, -0.05) is 84.4 Å². The van der Waals surface area contributed by atoms with Crippen molar-refractivity contribution < 1.29 is 14.3 Å². The SMILES string of the molecule is O=C(Cc1cccc(Cl)c1)N[C@@H]1C(=O)N2C(C(=S)OC(c3ccccc3)c3ccccc3)=C(c3ncn[nH]3)CS[C@H]12. The molecule has 41 heavy (non-hydrogen) atoms. The van der Waals surface area contributed by atoms with Gasteiger partial charge in [-0.3, -0.25) is 19.6 Å². The van der Waals surface area contributed by atoms with Gasteiger partial charge >= 0.3 is 0 Å². The number of hydrogen-bond donors (Lipinski definition) is 2. The third kappa shape index (κ3) is 5.63. The van der Waals surface area contributed by atoms with Gasteiger partial charge in [0.2, 0.25) is 11.0 Å². The van der Waals surface area contributed by atoms with Crippen LogP contribution >= 0.6 is 35.6 Å². The van der Waals surface area contributed by atoms with E-state index in [4.69, 9.17) is 28.6 Å². The number of fused-ring (bicyclic) bond motifs is 1. The van der Waals surface area contributed by atoms with Crippen molar-refractivity contribution in [3.05, 3.63) is 124 Å². The maximum absolute atomic E-state index is 13.6. The number of carbonyl (C=O) groups excluding carboxylic acids is 2. The molecule has 2 aliphatic rings. The number of amides is 2. The van der Waals surface area contributed by atoms with Gasteiger partial charge in [-0.05, 0) is 41.0 Å². The number of thiocarbonyl (C=S) groups is 1. The third-order valence-corrected chi connectivity index (χ3v) is 8.67. The smallest absolute Gasteiger partial charge is 0.253 e. The number of rotatable bonds is 8. The molecule has 1 fully saturated rings. The van der Waals surface area contributed by atoms with Crippen molar-refractivity contribution in [2.45, 2.75) is 23.9 Å². The molecule has 8 nitrogen and oxygen atoms in total. The summed E-state index contributed by atoms with van der Waals surface area (Å²) in [6, 6.07) is 26.0. The molecular formula is C30H24ClN5O3S2. The highest BCUT2D eigenvalue weighted by Gasteiger charge is 2.54. The fourth-order valence-corrected chi connectivity index (χ4v) is 6.82. The molecule has 0 radical (unpaired) electrons. The van der Waals surface area contributed by atoms with E-state index in [0.717, 1.165) is 16.7 Å². The minimum absolute atomic E-state index is 0.116. The van der Waals surface area contributed by atoms with Gasteiger partial charge in [-0.25, -0.2) is 4.98 Å². The maximum Gasteiger partial charge on any atom is 0.253 e. The molecule has 0 aliphatic carbocycles. The van der Waals surface area contributed by atoms with E-state index in [0.29, 0.717) is 27.9 Å². The van der Waals surface area contributed by atoms with Crippen LogP contribution in [0.3, 0.4) is 0 Å². The molecule has 6 rings (SSSR count). The Labute approximate surface area is 251 Å². The highest BCUT2D eigenvalue weighted by atomic mass is 35.5. The number of nitrogens with one attached hydrogen (secondary N) is 2. The third-order valence-electron chi connectivity index (χ3n) is 6.86. The summed E-state index contributed by atoms with van der Waals surface area (Å²) in [5, 5.41) is 10.2. The summed E-state index contributed by atoms with van der Waals surface area (Å²) < 4.78 is 6.51. The zero-order valence-corrected chi connectivity index (χ0v) is 24.0. The Kier molecular flexibility index (Phi) is 7.86. The Balaban J connectivity index is 1.27. The second-order valence-corrected chi connectivity index (χ2v) is 11.4. The lowest BCUT2D eigenvalue weighted by atomic mass is 10.0. The topological polar surface area (TPSA) is 100 Å². The minimum Gasteiger partial charge on any atom is -0.469 e. The fraction of sp³-hybridized carbons (Fsp3) is 0.167. The average Bonchev–Trinajstić information content (AvgIpc) is 3.54. The molecule has 2 N–H and O–H groups in total. The van der Waals surface area contributed by atoms with Crippen LogP contribution < -0.4 is 5.32 Å². The number of ether oxygens (including phenoxy) is 1. The molecule has 206 valence electrons. The number of nitrogens with zero attached hydrogens (tertiary/aromatic N) is 3. The molecule has 1 aromatic heterocycles. The van der Waals surface area contributed by atoms with Crippen molar-refractivity contribution in [1.82, 2.24) is 25.4 Å². The van der Waals surface area contributed by atoms with Crippen LogP contribution in [0.15, 0.2) is 97.0 Å². The summed E-state index contributed by atoms with van der Waals surface area (Å²) in [6.45, 7) is 0. The van der Waals surface area contributed by atoms with Crippen LogP contribution in [0.5, 0.6) is 0 Å². The molecule has 0 spiro atoms. The van der Waals surface area contributed by atoms with E-state index in [-0.39, 0.29) is 28.7 Å². The molecule has 1 saturated heterocycles. The van der Waals surface area contributed by atoms with Gasteiger partial charge in [0.15, 0.2) is 5.82 Å². The lowest BCUT2D eigenvalue weighted by Gasteiger charge is -2.50. The number of benzene rings is 3. The quantitative estimate of drug-likeness (QED) is 0.218. The largest absolute Gasteiger partial charge is 0.469 e. The molecule has 3 aromatic carbocycles. The zero-order valence-electron chi connectivity index (χ0n) is 21.6. The molecule has 0 unspecified atom stereocenters. The minimum atomic E-state index is -0.695. The van der Waals surface area contributed by atoms with Crippen LogP contribution in [-0.2, 0) is 20.7 Å². The van der Waals surface area contributed by atoms with Crippen molar-refractivity contribution in [3.8, 4) is 0 Å². The van der Waals surface area contributed by atoms with Crippen LogP contribution in [0.25, 0.3) is 5.57 Å². The van der Waals surface area contributed by atoms with Gasteiger partial charge in [0, 0.05) is 16.3 Å². The summed E-state index contributed by atoms with van der Waals surface area (Å²) in [5.74, 6) is 0.471. The monoisotopic (exact) mass is 601 g/mol. The van der Waals surface area contributed by atoms with Gasteiger partial charge in [0.05, 0.1) is 6.42 Å². The van der Waals surface area contributed by atoms with E-state index in [1.54, 1.807) is 23.1 Å². The van der Waals surface area contributed by atoms with E-state index < -0.39 is 12.1 Å². The normalized spacial score (nSPS) is 18.1. The Morgan fingerprint density at radius 2 is 1.80 bits per heavy atom. The predicted molar refractivity (Wildman–Crippen MR) is 162 cm³/mol. The molecule has 11 heteroatoms. The first-order valence-electron chi connectivity index (χ1n) is 12.9. The first-order valence-corrected chi connectivity index (χ1v) is 14.7. The number of hydrogen-bond acceptors (Lipinski definition) is 7. The van der Waals surface area contributed by atoms with Crippen molar-refractivity contribution in [1.29, 1.82) is 0 Å². The van der Waals surface area contributed by atoms with Crippen LogP contribution in [-0.4, -0.2) is 54.1 Å². The Hall–Kier alpha value is -3.99. The maximum atomic E-state index is 13.6. The molecule has 4 aromatic rings. The average molecular weight is 602 g/mol. The van der Waals surface area contributed by atoms with Crippen LogP contribution in [0.4, 0.5) is 0 Å². The Bertz CT molecular complexity index is 1580. The van der Waals surface area contributed by atoms with Crippen molar-refractivity contribution in [2.75, 3.05) is 5.75 Å². The Morgan fingerprint density at radius 1 is 1.10 bits per heavy atom. The van der Waals surface area contributed by atoms with E-state index >= 15 is 0 Å². The van der Waals surface area contributed by atoms with E-state index in [9.17, 15) is 9.59 Å².